The van der Waals surface area contributed by atoms with E-state index < -0.39 is 36.4 Å². The molecule has 1 aromatic rings. The largest absolute Gasteiger partial charge is 0.482 e. The Kier molecular flexibility index (Phi) is 7.44. The van der Waals surface area contributed by atoms with E-state index >= 15 is 0 Å². The van der Waals surface area contributed by atoms with Gasteiger partial charge in [-0.3, -0.25) is 9.59 Å². The van der Waals surface area contributed by atoms with E-state index in [1.807, 2.05) is 13.8 Å². The lowest BCUT2D eigenvalue weighted by Gasteiger charge is -2.09. The van der Waals surface area contributed by atoms with Crippen LogP contribution in [-0.4, -0.2) is 25.0 Å². The molecule has 0 amide bonds. The molecule has 0 aliphatic rings. The Morgan fingerprint density at radius 1 is 1.27 bits per heavy atom. The average Bonchev–Trinajstić information content (AvgIpc) is 2.36. The molecule has 4 nitrogen and oxygen atoms in total. The van der Waals surface area contributed by atoms with E-state index in [0.29, 0.717) is 18.4 Å². The highest BCUT2D eigenvalue weighted by Gasteiger charge is 2.15. The Labute approximate surface area is 135 Å². The molecule has 0 heterocycles. The second kappa shape index (κ2) is 8.82. The van der Waals surface area contributed by atoms with Crippen molar-refractivity contribution in [1.29, 1.82) is 0 Å². The molecule has 0 saturated carbocycles. The first-order chi connectivity index (χ1) is 10.3. The third-order valence-corrected chi connectivity index (χ3v) is 3.23. The lowest BCUT2D eigenvalue weighted by Crippen LogP contribution is -2.18. The Morgan fingerprint density at radius 3 is 2.55 bits per heavy atom. The summed E-state index contributed by atoms with van der Waals surface area (Å²) in [5, 5.41) is 0. The van der Waals surface area contributed by atoms with Crippen LogP contribution in [0.1, 0.15) is 26.7 Å². The zero-order valence-electron chi connectivity index (χ0n) is 12.3. The molecule has 1 aromatic carbocycles. The minimum absolute atomic E-state index is 0.0531. The van der Waals surface area contributed by atoms with Crippen LogP contribution >= 0.6 is 15.9 Å². The van der Waals surface area contributed by atoms with Crippen molar-refractivity contribution in [2.75, 3.05) is 13.2 Å². The van der Waals surface area contributed by atoms with E-state index in [0.717, 1.165) is 6.07 Å². The number of hydrogen-bond acceptors (Lipinski definition) is 4. The molecule has 0 aliphatic carbocycles. The fourth-order valence-electron chi connectivity index (χ4n) is 1.49. The van der Waals surface area contributed by atoms with Crippen molar-refractivity contribution < 1.29 is 27.8 Å². The van der Waals surface area contributed by atoms with Gasteiger partial charge in [0.1, 0.15) is 18.8 Å². The number of ketones is 1. The molecular formula is C15H17BrF2O4. The predicted molar refractivity (Wildman–Crippen MR) is 79.6 cm³/mol. The fraction of sp³-hybridized carbons (Fsp3) is 0.467. The van der Waals surface area contributed by atoms with Gasteiger partial charge in [-0.2, -0.15) is 0 Å². The Bertz CT molecular complexity index is 523. The second-order valence-corrected chi connectivity index (χ2v) is 5.96. The van der Waals surface area contributed by atoms with Gasteiger partial charge in [-0.05, 0) is 34.3 Å². The van der Waals surface area contributed by atoms with Crippen molar-refractivity contribution in [2.24, 2.45) is 5.92 Å². The van der Waals surface area contributed by atoms with Crippen molar-refractivity contribution in [2.45, 2.75) is 26.7 Å². The van der Waals surface area contributed by atoms with Crippen molar-refractivity contribution in [1.82, 2.24) is 0 Å². The zero-order chi connectivity index (χ0) is 16.7. The Hall–Kier alpha value is -1.50. The molecular weight excluding hydrogens is 362 g/mol. The van der Waals surface area contributed by atoms with Gasteiger partial charge in [-0.25, -0.2) is 8.78 Å². The second-order valence-electron chi connectivity index (χ2n) is 5.11. The van der Waals surface area contributed by atoms with Gasteiger partial charge < -0.3 is 9.47 Å². The molecule has 0 fully saturated rings. The van der Waals surface area contributed by atoms with Crippen LogP contribution in [0.2, 0.25) is 0 Å². The minimum atomic E-state index is -0.931. The smallest absolute Gasteiger partial charge is 0.313 e. The summed E-state index contributed by atoms with van der Waals surface area (Å²) in [6.07, 6.45) is 0.267. The van der Waals surface area contributed by atoms with Crippen LogP contribution in [0, 0.1) is 17.6 Å². The summed E-state index contributed by atoms with van der Waals surface area (Å²) in [6.45, 7) is 3.73. The first-order valence-corrected chi connectivity index (χ1v) is 7.53. The van der Waals surface area contributed by atoms with E-state index in [2.05, 4.69) is 15.9 Å². The van der Waals surface area contributed by atoms with Crippen molar-refractivity contribution in [3.63, 3.8) is 0 Å². The third-order valence-electron chi connectivity index (χ3n) is 2.64. The lowest BCUT2D eigenvalue weighted by molar-refractivity contribution is -0.146. The number of carbonyl (C=O) groups excluding carboxylic acids is 2. The van der Waals surface area contributed by atoms with Crippen LogP contribution in [0.15, 0.2) is 16.6 Å². The quantitative estimate of drug-likeness (QED) is 0.511. The third kappa shape index (κ3) is 6.51. The van der Waals surface area contributed by atoms with Crippen LogP contribution in [0.3, 0.4) is 0 Å². The van der Waals surface area contributed by atoms with E-state index in [9.17, 15) is 18.4 Å². The summed E-state index contributed by atoms with van der Waals surface area (Å²) < 4.78 is 36.3. The summed E-state index contributed by atoms with van der Waals surface area (Å²) >= 11 is 2.94. The number of halogens is 3. The zero-order valence-corrected chi connectivity index (χ0v) is 13.9. The van der Waals surface area contributed by atoms with Gasteiger partial charge in [0.2, 0.25) is 0 Å². The molecule has 0 radical (unpaired) electrons. The monoisotopic (exact) mass is 378 g/mol. The molecule has 7 heteroatoms. The van der Waals surface area contributed by atoms with Gasteiger partial charge in [0.15, 0.2) is 17.3 Å². The normalized spacial score (nSPS) is 10.6. The predicted octanol–water partition coefficient (Wildman–Crippen LogP) is 3.65. The molecule has 0 aliphatic heterocycles. The molecule has 0 atom stereocenters. The first kappa shape index (κ1) is 18.5. The maximum Gasteiger partial charge on any atom is 0.313 e. The highest BCUT2D eigenvalue weighted by Crippen LogP contribution is 2.29. The van der Waals surface area contributed by atoms with Gasteiger partial charge in [-0.1, -0.05) is 13.8 Å². The van der Waals surface area contributed by atoms with E-state index in [1.165, 1.54) is 0 Å². The topological polar surface area (TPSA) is 52.6 Å². The highest BCUT2D eigenvalue weighted by atomic mass is 79.9. The van der Waals surface area contributed by atoms with Crippen LogP contribution in [0.25, 0.3) is 0 Å². The maximum atomic E-state index is 13.5. The minimum Gasteiger partial charge on any atom is -0.482 e. The molecule has 0 saturated heterocycles. The van der Waals surface area contributed by atoms with Gasteiger partial charge in [0, 0.05) is 6.07 Å². The number of Topliss-reactive ketones (excluding diaryl/α,β-unsaturated/α-hetero) is 1. The first-order valence-electron chi connectivity index (χ1n) is 6.74. The highest BCUT2D eigenvalue weighted by molar-refractivity contribution is 9.10. The average molecular weight is 379 g/mol. The van der Waals surface area contributed by atoms with Crippen LogP contribution in [-0.2, 0) is 14.3 Å². The molecule has 122 valence electrons. The number of benzene rings is 1. The van der Waals surface area contributed by atoms with Crippen LogP contribution in [0.5, 0.6) is 5.75 Å². The van der Waals surface area contributed by atoms with Crippen molar-refractivity contribution in [3.8, 4) is 5.75 Å². The SMILES string of the molecule is CC(C)CCOC(=O)CC(=O)COc1c(F)cc(F)cc1Br. The fourth-order valence-corrected chi connectivity index (χ4v) is 2.01. The van der Waals surface area contributed by atoms with Crippen LogP contribution in [0.4, 0.5) is 8.78 Å². The summed E-state index contributed by atoms with van der Waals surface area (Å²) in [5.74, 6) is -2.78. The van der Waals surface area contributed by atoms with Crippen molar-refractivity contribution >= 4 is 27.7 Å². The summed E-state index contributed by atoms with van der Waals surface area (Å²) in [7, 11) is 0. The molecule has 0 bridgehead atoms. The Morgan fingerprint density at radius 2 is 1.95 bits per heavy atom. The maximum absolute atomic E-state index is 13.5. The standard InChI is InChI=1S/C15H17BrF2O4/c1-9(2)3-4-21-14(20)7-11(19)8-22-15-12(16)5-10(17)6-13(15)18/h5-6,9H,3-4,7-8H2,1-2H3. The van der Waals surface area contributed by atoms with Gasteiger partial charge in [0.05, 0.1) is 11.1 Å². The van der Waals surface area contributed by atoms with Gasteiger partial charge in [-0.15, -0.1) is 0 Å². The number of carbonyl (C=O) groups is 2. The molecule has 0 N–H and O–H groups in total. The molecule has 0 aromatic heterocycles. The summed E-state index contributed by atoms with van der Waals surface area (Å²) in [6, 6.07) is 1.66. The van der Waals surface area contributed by atoms with Crippen LogP contribution < -0.4 is 4.74 Å². The number of ether oxygens (including phenoxy) is 2. The molecule has 1 rings (SSSR count). The van der Waals surface area contributed by atoms with E-state index in [4.69, 9.17) is 9.47 Å². The molecule has 22 heavy (non-hydrogen) atoms. The summed E-state index contributed by atoms with van der Waals surface area (Å²) in [5.41, 5.74) is 0. The lowest BCUT2D eigenvalue weighted by atomic mass is 10.1. The van der Waals surface area contributed by atoms with E-state index in [-0.39, 0.29) is 16.8 Å². The van der Waals surface area contributed by atoms with Crippen molar-refractivity contribution in [3.05, 3.63) is 28.2 Å². The van der Waals surface area contributed by atoms with Gasteiger partial charge in [0.25, 0.3) is 0 Å². The molecule has 0 spiro atoms. The van der Waals surface area contributed by atoms with E-state index in [1.54, 1.807) is 0 Å². The van der Waals surface area contributed by atoms with Gasteiger partial charge >= 0.3 is 5.97 Å². The molecule has 0 unspecified atom stereocenters. The number of hydrogen-bond donors (Lipinski definition) is 0. The number of esters is 1. The summed E-state index contributed by atoms with van der Waals surface area (Å²) in [4.78, 5) is 23.0. The number of rotatable bonds is 8. The Balaban J connectivity index is 2.42.